The maximum atomic E-state index is 10.9. The largest absolute Gasteiger partial charge is 0.396 e. The van der Waals surface area contributed by atoms with Gasteiger partial charge in [0, 0.05) is 13.0 Å². The Morgan fingerprint density at radius 2 is 0.541 bits per heavy atom. The fourth-order valence-corrected chi connectivity index (χ4v) is 5.40. The average Bonchev–Trinajstić information content (AvgIpc) is 2.91. The third-order valence-corrected chi connectivity index (χ3v) is 7.94. The molecule has 3 N–H and O–H groups in total. The molecule has 0 saturated carbocycles. The molecule has 0 radical (unpaired) electrons. The molecule has 0 spiro atoms. The smallest absolute Gasteiger partial charge is 0.243 e. The first kappa shape index (κ1) is 36.4. The maximum absolute atomic E-state index is 10.9. The molecule has 0 aromatic rings. The van der Waals surface area contributed by atoms with Gasteiger partial charge in [-0.1, -0.05) is 180 Å². The molecule has 4 nitrogen and oxygen atoms in total. The van der Waals surface area contributed by atoms with Gasteiger partial charge in [0.25, 0.3) is 0 Å². The SMILES string of the molecule is O=C(CCCCCCCCCCCCCCCCCCCCCCCCCCCCCCCCO)NO. The summed E-state index contributed by atoms with van der Waals surface area (Å²) in [4.78, 5) is 10.9. The molecule has 0 saturated heterocycles. The first-order chi connectivity index (χ1) is 18.3. The molecular formula is C33H67NO3. The lowest BCUT2D eigenvalue weighted by Gasteiger charge is -2.04. The van der Waals surface area contributed by atoms with Crippen molar-refractivity contribution in [1.82, 2.24) is 5.48 Å². The van der Waals surface area contributed by atoms with E-state index in [0.717, 1.165) is 19.3 Å². The van der Waals surface area contributed by atoms with Gasteiger partial charge in [0.15, 0.2) is 0 Å². The van der Waals surface area contributed by atoms with E-state index in [2.05, 4.69) is 0 Å². The van der Waals surface area contributed by atoms with Gasteiger partial charge in [-0.05, 0) is 12.8 Å². The quantitative estimate of drug-likeness (QED) is 0.0464. The Morgan fingerprint density at radius 1 is 0.351 bits per heavy atom. The van der Waals surface area contributed by atoms with Crippen LogP contribution in [-0.4, -0.2) is 22.8 Å². The first-order valence-electron chi connectivity index (χ1n) is 16.8. The van der Waals surface area contributed by atoms with Gasteiger partial charge in [-0.15, -0.1) is 0 Å². The van der Waals surface area contributed by atoms with Crippen molar-refractivity contribution in [3.05, 3.63) is 0 Å². The molecule has 1 amide bonds. The lowest BCUT2D eigenvalue weighted by molar-refractivity contribution is -0.129. The Hall–Kier alpha value is -0.610. The number of amides is 1. The summed E-state index contributed by atoms with van der Waals surface area (Å²) in [6.45, 7) is 0.366. The van der Waals surface area contributed by atoms with Crippen LogP contribution in [0.1, 0.15) is 199 Å². The average molecular weight is 526 g/mol. The summed E-state index contributed by atoms with van der Waals surface area (Å²) in [5.74, 6) is -0.258. The molecule has 222 valence electrons. The van der Waals surface area contributed by atoms with E-state index in [1.54, 1.807) is 5.48 Å². The summed E-state index contributed by atoms with van der Waals surface area (Å²) >= 11 is 0. The van der Waals surface area contributed by atoms with Gasteiger partial charge in [0.05, 0.1) is 0 Å². The molecule has 0 aliphatic rings. The van der Waals surface area contributed by atoms with E-state index in [9.17, 15) is 4.79 Å². The molecule has 0 aromatic carbocycles. The van der Waals surface area contributed by atoms with Crippen molar-refractivity contribution in [2.45, 2.75) is 199 Å². The van der Waals surface area contributed by atoms with Gasteiger partial charge in [-0.3, -0.25) is 10.0 Å². The van der Waals surface area contributed by atoms with Crippen molar-refractivity contribution in [1.29, 1.82) is 0 Å². The van der Waals surface area contributed by atoms with E-state index >= 15 is 0 Å². The Labute approximate surface area is 232 Å². The van der Waals surface area contributed by atoms with Crippen LogP contribution in [0, 0.1) is 0 Å². The molecule has 0 aliphatic carbocycles. The molecule has 0 aromatic heterocycles. The van der Waals surface area contributed by atoms with Crippen LogP contribution >= 0.6 is 0 Å². The van der Waals surface area contributed by atoms with Gasteiger partial charge < -0.3 is 5.11 Å². The zero-order chi connectivity index (χ0) is 26.9. The number of aliphatic hydroxyl groups is 1. The third-order valence-electron chi connectivity index (χ3n) is 7.94. The third kappa shape index (κ3) is 33.4. The Balaban J connectivity index is 3.03. The molecule has 0 unspecified atom stereocenters. The van der Waals surface area contributed by atoms with Crippen molar-refractivity contribution in [2.75, 3.05) is 6.61 Å². The van der Waals surface area contributed by atoms with Crippen LogP contribution in [0.3, 0.4) is 0 Å². The van der Waals surface area contributed by atoms with E-state index in [4.69, 9.17) is 10.3 Å². The van der Waals surface area contributed by atoms with E-state index in [0.29, 0.717) is 13.0 Å². The number of hydroxylamine groups is 1. The van der Waals surface area contributed by atoms with Crippen LogP contribution in [0.2, 0.25) is 0 Å². The Bertz CT molecular complexity index is 430. The van der Waals surface area contributed by atoms with Crippen LogP contribution in [0.4, 0.5) is 0 Å². The molecule has 0 heterocycles. The van der Waals surface area contributed by atoms with E-state index < -0.39 is 0 Å². The number of hydrogen-bond acceptors (Lipinski definition) is 3. The number of rotatable bonds is 32. The van der Waals surface area contributed by atoms with Crippen molar-refractivity contribution in [3.8, 4) is 0 Å². The van der Waals surface area contributed by atoms with E-state index in [1.807, 2.05) is 0 Å². The molecule has 0 aliphatic heterocycles. The highest BCUT2D eigenvalue weighted by molar-refractivity contribution is 5.74. The minimum absolute atomic E-state index is 0.258. The molecular weight excluding hydrogens is 458 g/mol. The highest BCUT2D eigenvalue weighted by Gasteiger charge is 1.99. The second-order valence-electron chi connectivity index (χ2n) is 11.6. The highest BCUT2D eigenvalue weighted by atomic mass is 16.5. The standard InChI is InChI=1S/C33H67NO3/c35-32-30-28-26-24-22-20-18-16-14-12-10-8-6-4-2-1-3-5-7-9-11-13-15-17-19-21-23-25-27-29-31-33(36)34-37/h35,37H,1-32H2,(H,34,36). The van der Waals surface area contributed by atoms with Crippen molar-refractivity contribution >= 4 is 5.91 Å². The zero-order valence-electron chi connectivity index (χ0n) is 24.9. The molecule has 4 heteroatoms. The molecule has 0 bridgehead atoms. The number of carbonyl (C=O) groups is 1. The topological polar surface area (TPSA) is 69.6 Å². The first-order valence-corrected chi connectivity index (χ1v) is 16.8. The lowest BCUT2D eigenvalue weighted by Crippen LogP contribution is -2.17. The molecule has 0 atom stereocenters. The predicted octanol–water partition coefficient (Wildman–Crippen LogP) is 10.6. The van der Waals surface area contributed by atoms with Crippen LogP contribution < -0.4 is 5.48 Å². The van der Waals surface area contributed by atoms with Gasteiger partial charge >= 0.3 is 0 Å². The Kier molecular flexibility index (Phi) is 32.9. The van der Waals surface area contributed by atoms with E-state index in [1.165, 1.54) is 173 Å². The highest BCUT2D eigenvalue weighted by Crippen LogP contribution is 2.16. The molecule has 0 rings (SSSR count). The van der Waals surface area contributed by atoms with Gasteiger partial charge in [0.2, 0.25) is 5.91 Å². The van der Waals surface area contributed by atoms with Gasteiger partial charge in [0.1, 0.15) is 0 Å². The number of carbonyl (C=O) groups excluding carboxylic acids is 1. The normalized spacial score (nSPS) is 11.3. The zero-order valence-corrected chi connectivity index (χ0v) is 24.9. The van der Waals surface area contributed by atoms with E-state index in [-0.39, 0.29) is 5.91 Å². The number of nitrogens with one attached hydrogen (secondary N) is 1. The fourth-order valence-electron chi connectivity index (χ4n) is 5.40. The van der Waals surface area contributed by atoms with Crippen LogP contribution in [-0.2, 0) is 4.79 Å². The predicted molar refractivity (Wildman–Crippen MR) is 160 cm³/mol. The number of hydrogen-bond donors (Lipinski definition) is 3. The molecule has 37 heavy (non-hydrogen) atoms. The summed E-state index contributed by atoms with van der Waals surface area (Å²) in [5.41, 5.74) is 1.70. The van der Waals surface area contributed by atoms with Gasteiger partial charge in [-0.25, -0.2) is 5.48 Å². The molecule has 0 fully saturated rings. The maximum Gasteiger partial charge on any atom is 0.243 e. The lowest BCUT2D eigenvalue weighted by atomic mass is 10.0. The van der Waals surface area contributed by atoms with Crippen LogP contribution in [0.15, 0.2) is 0 Å². The summed E-state index contributed by atoms with van der Waals surface area (Å²) in [6, 6.07) is 0. The Morgan fingerprint density at radius 3 is 0.730 bits per heavy atom. The summed E-state index contributed by atoms with van der Waals surface area (Å²) in [7, 11) is 0. The van der Waals surface area contributed by atoms with Crippen LogP contribution in [0.5, 0.6) is 0 Å². The second-order valence-corrected chi connectivity index (χ2v) is 11.6. The fraction of sp³-hybridized carbons (Fsp3) is 0.970. The number of unbranched alkanes of at least 4 members (excludes halogenated alkanes) is 29. The van der Waals surface area contributed by atoms with Gasteiger partial charge in [-0.2, -0.15) is 0 Å². The summed E-state index contributed by atoms with van der Waals surface area (Å²) < 4.78 is 0. The summed E-state index contributed by atoms with van der Waals surface area (Å²) in [5, 5.41) is 17.2. The minimum atomic E-state index is -0.258. The van der Waals surface area contributed by atoms with Crippen molar-refractivity contribution in [2.24, 2.45) is 0 Å². The number of aliphatic hydroxyl groups excluding tert-OH is 1. The minimum Gasteiger partial charge on any atom is -0.396 e. The second kappa shape index (κ2) is 33.4. The van der Waals surface area contributed by atoms with Crippen molar-refractivity contribution < 1.29 is 15.1 Å². The summed E-state index contributed by atoms with van der Waals surface area (Å²) in [6.07, 6.45) is 41.2. The monoisotopic (exact) mass is 526 g/mol. The van der Waals surface area contributed by atoms with Crippen molar-refractivity contribution in [3.63, 3.8) is 0 Å². The van der Waals surface area contributed by atoms with Crippen LogP contribution in [0.25, 0.3) is 0 Å².